The second-order valence-electron chi connectivity index (χ2n) is 6.47. The summed E-state index contributed by atoms with van der Waals surface area (Å²) in [7, 11) is 0. The summed E-state index contributed by atoms with van der Waals surface area (Å²) in [6, 6.07) is 5.91. The van der Waals surface area contributed by atoms with E-state index in [-0.39, 0.29) is 6.03 Å². The van der Waals surface area contributed by atoms with E-state index >= 15 is 0 Å². The summed E-state index contributed by atoms with van der Waals surface area (Å²) in [5.74, 6) is 0. The van der Waals surface area contributed by atoms with Crippen molar-refractivity contribution in [1.82, 2.24) is 10.2 Å². The number of hydrogen-bond donors (Lipinski definition) is 2. The number of urea groups is 1. The second kappa shape index (κ2) is 7.58. The van der Waals surface area contributed by atoms with Gasteiger partial charge in [-0.25, -0.2) is 4.79 Å². The summed E-state index contributed by atoms with van der Waals surface area (Å²) in [4.78, 5) is 14.4. The molecule has 2 aromatic rings. The van der Waals surface area contributed by atoms with Crippen LogP contribution in [-0.4, -0.2) is 28.3 Å². The molecular formula is C17H22ClN5OS. The highest BCUT2D eigenvalue weighted by Crippen LogP contribution is 2.32. The van der Waals surface area contributed by atoms with Gasteiger partial charge in [0.05, 0.1) is 0 Å². The van der Waals surface area contributed by atoms with Gasteiger partial charge in [-0.1, -0.05) is 29.0 Å². The topological polar surface area (TPSA) is 70.1 Å². The Hall–Kier alpha value is -1.86. The Kier molecular flexibility index (Phi) is 5.44. The van der Waals surface area contributed by atoms with E-state index in [1.165, 1.54) is 17.8 Å². The summed E-state index contributed by atoms with van der Waals surface area (Å²) in [5.41, 5.74) is 1.60. The Bertz CT molecular complexity index is 755. The maximum atomic E-state index is 12.2. The minimum Gasteiger partial charge on any atom is -0.341 e. The number of amides is 2. The van der Waals surface area contributed by atoms with Gasteiger partial charge < -0.3 is 10.2 Å². The van der Waals surface area contributed by atoms with Crippen molar-refractivity contribution in [3.63, 3.8) is 0 Å². The quantitative estimate of drug-likeness (QED) is 0.794. The maximum absolute atomic E-state index is 12.2. The fourth-order valence-electron chi connectivity index (χ4n) is 3.10. The lowest BCUT2D eigenvalue weighted by Crippen LogP contribution is -2.43. The molecule has 0 saturated carbocycles. The second-order valence-corrected chi connectivity index (χ2v) is 7.83. The van der Waals surface area contributed by atoms with Crippen LogP contribution in [0, 0.1) is 6.92 Å². The van der Waals surface area contributed by atoms with E-state index in [4.69, 9.17) is 11.6 Å². The zero-order valence-corrected chi connectivity index (χ0v) is 16.1. The number of aryl methyl sites for hydroxylation is 1. The van der Waals surface area contributed by atoms with Crippen LogP contribution in [0.15, 0.2) is 18.2 Å². The van der Waals surface area contributed by atoms with Crippen LogP contribution in [-0.2, 0) is 0 Å². The normalized spacial score (nSPS) is 20.4. The van der Waals surface area contributed by atoms with E-state index in [1.54, 1.807) is 6.07 Å². The van der Waals surface area contributed by atoms with Crippen LogP contribution in [0.1, 0.15) is 38.7 Å². The smallest absolute Gasteiger partial charge is 0.325 e. The number of aromatic nitrogens is 2. The van der Waals surface area contributed by atoms with E-state index in [2.05, 4.69) is 39.6 Å². The molecule has 3 rings (SSSR count). The van der Waals surface area contributed by atoms with Crippen LogP contribution in [0.2, 0.25) is 5.02 Å². The van der Waals surface area contributed by atoms with Crippen LogP contribution in [0.5, 0.6) is 0 Å². The predicted octanol–water partition coefficient (Wildman–Crippen LogP) is 4.91. The number of hydrogen-bond acceptors (Lipinski definition) is 5. The summed E-state index contributed by atoms with van der Waals surface area (Å²) in [6.45, 7) is 6.33. The number of carbonyl (C=O) groups is 1. The van der Waals surface area contributed by atoms with Crippen molar-refractivity contribution >= 4 is 44.9 Å². The molecule has 1 aromatic heterocycles. The molecule has 6 nitrogen and oxygen atoms in total. The number of rotatable bonds is 3. The van der Waals surface area contributed by atoms with Gasteiger partial charge in [-0.3, -0.25) is 5.32 Å². The molecule has 25 heavy (non-hydrogen) atoms. The highest BCUT2D eigenvalue weighted by Gasteiger charge is 2.27. The molecule has 2 atom stereocenters. The molecule has 0 aliphatic carbocycles. The molecule has 8 heteroatoms. The Balaban J connectivity index is 1.64. The average Bonchev–Trinajstić information content (AvgIpc) is 2.98. The van der Waals surface area contributed by atoms with Gasteiger partial charge in [0.25, 0.3) is 0 Å². The molecule has 1 fully saturated rings. The van der Waals surface area contributed by atoms with Gasteiger partial charge in [-0.15, -0.1) is 10.2 Å². The number of nitrogens with zero attached hydrogens (tertiary/aromatic N) is 3. The molecule has 0 unspecified atom stereocenters. The monoisotopic (exact) mass is 379 g/mol. The standard InChI is InChI=1S/C17H22ClN5OS/c1-10-7-8-13(9-14(10)18)19-15(24)20-16-21-22-17(25-16)23-11(2)5-4-6-12(23)3/h7-9,11-12H,4-6H2,1-3H3,(H2,19,20,21,24)/t11-,12-/m0/s1. The SMILES string of the molecule is Cc1ccc(NC(=O)Nc2nnc(N3[C@@H](C)CCC[C@@H]3C)s2)cc1Cl. The Labute approximate surface area is 156 Å². The van der Waals surface area contributed by atoms with Gasteiger partial charge in [-0.05, 0) is 57.7 Å². The molecule has 2 amide bonds. The van der Waals surface area contributed by atoms with Crippen LogP contribution < -0.4 is 15.5 Å². The van der Waals surface area contributed by atoms with E-state index in [0.717, 1.165) is 23.5 Å². The molecule has 0 spiro atoms. The van der Waals surface area contributed by atoms with E-state index in [9.17, 15) is 4.79 Å². The maximum Gasteiger partial charge on any atom is 0.325 e. The van der Waals surface area contributed by atoms with Gasteiger partial charge in [0.2, 0.25) is 10.3 Å². The lowest BCUT2D eigenvalue weighted by molar-refractivity contribution is 0.262. The van der Waals surface area contributed by atoms with Crippen molar-refractivity contribution in [2.24, 2.45) is 0 Å². The zero-order valence-electron chi connectivity index (χ0n) is 14.5. The number of halogens is 1. The third-order valence-corrected chi connectivity index (χ3v) is 5.74. The van der Waals surface area contributed by atoms with Crippen molar-refractivity contribution in [3.05, 3.63) is 28.8 Å². The van der Waals surface area contributed by atoms with E-state index < -0.39 is 0 Å². The minimum absolute atomic E-state index is 0.359. The van der Waals surface area contributed by atoms with Crippen molar-refractivity contribution in [3.8, 4) is 0 Å². The Morgan fingerprint density at radius 3 is 2.64 bits per heavy atom. The zero-order chi connectivity index (χ0) is 18.0. The van der Waals surface area contributed by atoms with Gasteiger partial charge in [-0.2, -0.15) is 0 Å². The molecule has 1 saturated heterocycles. The van der Waals surface area contributed by atoms with Crippen LogP contribution in [0.3, 0.4) is 0 Å². The van der Waals surface area contributed by atoms with Crippen LogP contribution in [0.25, 0.3) is 0 Å². The van der Waals surface area contributed by atoms with Gasteiger partial charge in [0, 0.05) is 22.8 Å². The van der Waals surface area contributed by atoms with E-state index in [1.807, 2.05) is 19.1 Å². The number of nitrogens with one attached hydrogen (secondary N) is 2. The molecule has 1 aliphatic rings. The Morgan fingerprint density at radius 1 is 1.24 bits per heavy atom. The molecule has 0 bridgehead atoms. The molecule has 134 valence electrons. The summed E-state index contributed by atoms with van der Waals surface area (Å²) in [6.07, 6.45) is 3.55. The van der Waals surface area contributed by atoms with Crippen LogP contribution >= 0.6 is 22.9 Å². The predicted molar refractivity (Wildman–Crippen MR) is 104 cm³/mol. The first kappa shape index (κ1) is 17.9. The van der Waals surface area contributed by atoms with Crippen molar-refractivity contribution in [2.75, 3.05) is 15.5 Å². The number of piperidine rings is 1. The van der Waals surface area contributed by atoms with Gasteiger partial charge >= 0.3 is 6.03 Å². The number of anilines is 3. The van der Waals surface area contributed by atoms with Gasteiger partial charge in [0.1, 0.15) is 0 Å². The first-order valence-electron chi connectivity index (χ1n) is 8.40. The molecule has 2 N–H and O–H groups in total. The number of benzene rings is 1. The van der Waals surface area contributed by atoms with Crippen molar-refractivity contribution in [1.29, 1.82) is 0 Å². The molecule has 1 aromatic carbocycles. The fourth-order valence-corrected chi connectivity index (χ4v) is 4.22. The van der Waals surface area contributed by atoms with Crippen molar-refractivity contribution in [2.45, 2.75) is 52.1 Å². The molecule has 0 radical (unpaired) electrons. The largest absolute Gasteiger partial charge is 0.341 e. The minimum atomic E-state index is -0.359. The highest BCUT2D eigenvalue weighted by atomic mass is 35.5. The third kappa shape index (κ3) is 4.22. The van der Waals surface area contributed by atoms with Crippen molar-refractivity contribution < 1.29 is 4.79 Å². The first-order chi connectivity index (χ1) is 11.9. The summed E-state index contributed by atoms with van der Waals surface area (Å²) in [5, 5.41) is 15.8. The fraction of sp³-hybridized carbons (Fsp3) is 0.471. The highest BCUT2D eigenvalue weighted by molar-refractivity contribution is 7.19. The number of carbonyl (C=O) groups excluding carboxylic acids is 1. The van der Waals surface area contributed by atoms with Gasteiger partial charge in [0.15, 0.2) is 0 Å². The van der Waals surface area contributed by atoms with Crippen LogP contribution in [0.4, 0.5) is 20.7 Å². The summed E-state index contributed by atoms with van der Waals surface area (Å²) >= 11 is 7.47. The molecule has 1 aliphatic heterocycles. The molecular weight excluding hydrogens is 358 g/mol. The lowest BCUT2D eigenvalue weighted by atomic mass is 9.98. The average molecular weight is 380 g/mol. The van der Waals surface area contributed by atoms with E-state index in [0.29, 0.717) is 27.9 Å². The summed E-state index contributed by atoms with van der Waals surface area (Å²) < 4.78 is 0. The lowest BCUT2D eigenvalue weighted by Gasteiger charge is -2.38. The third-order valence-electron chi connectivity index (χ3n) is 4.48. The Morgan fingerprint density at radius 2 is 1.96 bits per heavy atom. The first-order valence-corrected chi connectivity index (χ1v) is 9.59. The molecule has 2 heterocycles.